The summed E-state index contributed by atoms with van der Waals surface area (Å²) in [7, 11) is -3.78. The molecule has 0 spiro atoms. The van der Waals surface area contributed by atoms with E-state index in [2.05, 4.69) is 20.7 Å². The summed E-state index contributed by atoms with van der Waals surface area (Å²) >= 11 is 2.97. The molecule has 3 nitrogen and oxygen atoms in total. The van der Waals surface area contributed by atoms with Gasteiger partial charge in [-0.15, -0.1) is 13.2 Å². The fourth-order valence-corrected chi connectivity index (χ4v) is 2.31. The monoisotopic (exact) mass is 318 g/mol. The van der Waals surface area contributed by atoms with Gasteiger partial charge in [0.25, 0.3) is 0 Å². The lowest BCUT2D eigenvalue weighted by Gasteiger charge is -2.12. The molecule has 0 bridgehead atoms. The molecule has 1 aromatic carbocycles. The lowest BCUT2D eigenvalue weighted by Crippen LogP contribution is -2.18. The van der Waals surface area contributed by atoms with Crippen LogP contribution in [0.15, 0.2) is 27.6 Å². The van der Waals surface area contributed by atoms with Crippen molar-refractivity contribution in [2.45, 2.75) is 11.3 Å². The summed E-state index contributed by atoms with van der Waals surface area (Å²) in [6.45, 7) is 0. The van der Waals surface area contributed by atoms with Crippen molar-refractivity contribution in [1.82, 2.24) is 0 Å². The van der Waals surface area contributed by atoms with E-state index in [0.29, 0.717) is 4.47 Å². The summed E-state index contributed by atoms with van der Waals surface area (Å²) in [5.41, 5.74) is 0. The van der Waals surface area contributed by atoms with Crippen LogP contribution < -0.4 is 4.74 Å². The normalized spacial score (nSPS) is 12.6. The van der Waals surface area contributed by atoms with Gasteiger partial charge in [-0.2, -0.15) is 0 Å². The van der Waals surface area contributed by atoms with Crippen molar-refractivity contribution in [3.8, 4) is 5.75 Å². The molecule has 0 saturated heterocycles. The molecular formula is C8H6BrF3O3S. The lowest BCUT2D eigenvalue weighted by molar-refractivity contribution is -0.275. The second kappa shape index (κ2) is 4.25. The van der Waals surface area contributed by atoms with E-state index < -0.39 is 26.8 Å². The number of sulfone groups is 1. The Morgan fingerprint density at radius 2 is 1.88 bits per heavy atom. The minimum absolute atomic E-state index is 0.349. The van der Waals surface area contributed by atoms with Crippen LogP contribution in [0.4, 0.5) is 13.2 Å². The maximum Gasteiger partial charge on any atom is 0.573 e. The molecule has 16 heavy (non-hydrogen) atoms. The molecule has 0 aliphatic carbocycles. The van der Waals surface area contributed by atoms with Gasteiger partial charge in [-0.25, -0.2) is 8.42 Å². The SMILES string of the molecule is CS(=O)(=O)c1cc(Br)ccc1OC(F)(F)F. The van der Waals surface area contributed by atoms with E-state index in [9.17, 15) is 21.6 Å². The number of hydrogen-bond donors (Lipinski definition) is 0. The maximum absolute atomic E-state index is 12.0. The molecule has 0 aliphatic heterocycles. The Hall–Kier alpha value is -0.760. The Bertz CT molecular complexity index is 496. The zero-order valence-corrected chi connectivity index (χ0v) is 10.3. The summed E-state index contributed by atoms with van der Waals surface area (Å²) in [6, 6.07) is 3.25. The second-order valence-electron chi connectivity index (χ2n) is 2.91. The van der Waals surface area contributed by atoms with Gasteiger partial charge in [0, 0.05) is 10.7 Å². The molecule has 1 aromatic rings. The second-order valence-corrected chi connectivity index (χ2v) is 5.81. The third-order valence-corrected chi connectivity index (χ3v) is 3.14. The van der Waals surface area contributed by atoms with Gasteiger partial charge in [-0.1, -0.05) is 15.9 Å². The summed E-state index contributed by atoms with van der Waals surface area (Å²) in [5.74, 6) is -0.738. The Morgan fingerprint density at radius 1 is 1.31 bits per heavy atom. The molecule has 0 N–H and O–H groups in total. The topological polar surface area (TPSA) is 43.4 Å². The summed E-state index contributed by atoms with van der Waals surface area (Å²) in [5, 5.41) is 0. The first-order valence-corrected chi connectivity index (χ1v) is 6.53. The van der Waals surface area contributed by atoms with Crippen LogP contribution in [-0.4, -0.2) is 21.0 Å². The lowest BCUT2D eigenvalue weighted by atomic mass is 10.3. The fourth-order valence-electron chi connectivity index (χ4n) is 0.981. The maximum atomic E-state index is 12.0. The van der Waals surface area contributed by atoms with E-state index in [1.54, 1.807) is 0 Å². The van der Waals surface area contributed by atoms with Crippen molar-refractivity contribution in [2.24, 2.45) is 0 Å². The highest BCUT2D eigenvalue weighted by Gasteiger charge is 2.33. The Morgan fingerprint density at radius 3 is 2.31 bits per heavy atom. The van der Waals surface area contributed by atoms with Crippen molar-refractivity contribution >= 4 is 25.8 Å². The van der Waals surface area contributed by atoms with Crippen molar-refractivity contribution in [3.63, 3.8) is 0 Å². The van der Waals surface area contributed by atoms with Crippen LogP contribution in [-0.2, 0) is 9.84 Å². The van der Waals surface area contributed by atoms with E-state index in [-0.39, 0.29) is 0 Å². The number of ether oxygens (including phenoxy) is 1. The van der Waals surface area contributed by atoms with Crippen LogP contribution in [0.25, 0.3) is 0 Å². The molecule has 1 rings (SSSR count). The van der Waals surface area contributed by atoms with Crippen molar-refractivity contribution in [3.05, 3.63) is 22.7 Å². The van der Waals surface area contributed by atoms with E-state index in [4.69, 9.17) is 0 Å². The highest BCUT2D eigenvalue weighted by atomic mass is 79.9. The van der Waals surface area contributed by atoms with Crippen molar-refractivity contribution in [2.75, 3.05) is 6.26 Å². The summed E-state index contributed by atoms with van der Waals surface area (Å²) in [6.07, 6.45) is -4.12. The van der Waals surface area contributed by atoms with Gasteiger partial charge in [-0.3, -0.25) is 0 Å². The minimum Gasteiger partial charge on any atom is -0.404 e. The molecule has 0 aliphatic rings. The molecule has 0 saturated carbocycles. The van der Waals surface area contributed by atoms with E-state index in [1.807, 2.05) is 0 Å². The number of alkyl halides is 3. The standard InChI is InChI=1S/C8H6BrF3O3S/c1-16(13,14)7-4-5(9)2-3-6(7)15-8(10,11)12/h2-4H,1H3. The van der Waals surface area contributed by atoms with E-state index in [1.165, 1.54) is 6.07 Å². The molecule has 0 fully saturated rings. The van der Waals surface area contributed by atoms with Crippen LogP contribution in [0.3, 0.4) is 0 Å². The highest BCUT2D eigenvalue weighted by molar-refractivity contribution is 9.10. The van der Waals surface area contributed by atoms with Gasteiger partial charge in [0.1, 0.15) is 10.6 Å². The summed E-state index contributed by atoms with van der Waals surface area (Å²) in [4.78, 5) is -0.515. The predicted octanol–water partition coefficient (Wildman–Crippen LogP) is 2.75. The zero-order valence-electron chi connectivity index (χ0n) is 7.88. The van der Waals surface area contributed by atoms with Crippen LogP contribution in [0.1, 0.15) is 0 Å². The molecule has 0 radical (unpaired) electrons. The zero-order chi connectivity index (χ0) is 12.6. The van der Waals surface area contributed by atoms with Crippen LogP contribution in [0.5, 0.6) is 5.75 Å². The van der Waals surface area contributed by atoms with Gasteiger partial charge in [-0.05, 0) is 18.2 Å². The first-order valence-electron chi connectivity index (χ1n) is 3.85. The molecule has 0 aromatic heterocycles. The number of halogens is 4. The average Bonchev–Trinajstić information content (AvgIpc) is 2.04. The first-order chi connectivity index (χ1) is 7.09. The highest BCUT2D eigenvalue weighted by Crippen LogP contribution is 2.31. The van der Waals surface area contributed by atoms with E-state index in [0.717, 1.165) is 18.4 Å². The molecule has 0 amide bonds. The van der Waals surface area contributed by atoms with Crippen LogP contribution in [0, 0.1) is 0 Å². The predicted molar refractivity (Wildman–Crippen MR) is 53.9 cm³/mol. The average molecular weight is 319 g/mol. The third kappa shape index (κ3) is 3.67. The number of rotatable bonds is 2. The molecule has 90 valence electrons. The van der Waals surface area contributed by atoms with Gasteiger partial charge in [0.15, 0.2) is 9.84 Å². The molecule has 0 unspecified atom stereocenters. The van der Waals surface area contributed by atoms with Gasteiger partial charge < -0.3 is 4.74 Å². The Labute approximate surface area is 98.3 Å². The number of hydrogen-bond acceptors (Lipinski definition) is 3. The quantitative estimate of drug-likeness (QED) is 0.842. The summed E-state index contributed by atoms with van der Waals surface area (Å²) < 4.78 is 62.4. The Balaban J connectivity index is 3.30. The third-order valence-electron chi connectivity index (χ3n) is 1.53. The Kier molecular flexibility index (Phi) is 3.53. The molecule has 0 atom stereocenters. The largest absolute Gasteiger partial charge is 0.573 e. The minimum atomic E-state index is -4.92. The molecule has 0 heterocycles. The molecular weight excluding hydrogens is 313 g/mol. The number of benzene rings is 1. The smallest absolute Gasteiger partial charge is 0.404 e. The van der Waals surface area contributed by atoms with Gasteiger partial charge >= 0.3 is 6.36 Å². The van der Waals surface area contributed by atoms with Gasteiger partial charge in [0.05, 0.1) is 0 Å². The van der Waals surface area contributed by atoms with Crippen LogP contribution in [0.2, 0.25) is 0 Å². The van der Waals surface area contributed by atoms with Crippen LogP contribution >= 0.6 is 15.9 Å². The van der Waals surface area contributed by atoms with Crippen molar-refractivity contribution < 1.29 is 26.3 Å². The molecule has 8 heteroatoms. The van der Waals surface area contributed by atoms with Gasteiger partial charge in [0.2, 0.25) is 0 Å². The van der Waals surface area contributed by atoms with E-state index >= 15 is 0 Å². The first kappa shape index (κ1) is 13.3. The fraction of sp³-hybridized carbons (Fsp3) is 0.250. The van der Waals surface area contributed by atoms with Crippen molar-refractivity contribution in [1.29, 1.82) is 0 Å².